The van der Waals surface area contributed by atoms with Gasteiger partial charge in [0.05, 0.1) is 10.4 Å². The SMILES string of the molecule is Cc1cc(C)c(C)c(CCC2(Cn3ccnc3)SCCCS2)c1C. The molecule has 1 aromatic heterocycles. The number of rotatable bonds is 5. The van der Waals surface area contributed by atoms with Gasteiger partial charge in [-0.05, 0) is 86.3 Å². The van der Waals surface area contributed by atoms with Crippen molar-refractivity contribution >= 4 is 23.5 Å². The summed E-state index contributed by atoms with van der Waals surface area (Å²) in [6, 6.07) is 2.33. The molecule has 0 N–H and O–H groups in total. The molecule has 0 atom stereocenters. The summed E-state index contributed by atoms with van der Waals surface area (Å²) in [4.78, 5) is 4.23. The maximum absolute atomic E-state index is 4.23. The average Bonchev–Trinajstić information content (AvgIpc) is 3.06. The molecule has 4 heteroatoms. The Hall–Kier alpha value is -0.870. The lowest BCUT2D eigenvalue weighted by atomic mass is 9.91. The molecule has 2 aromatic rings. The van der Waals surface area contributed by atoms with Crippen molar-refractivity contribution in [1.29, 1.82) is 0 Å². The van der Waals surface area contributed by atoms with Crippen LogP contribution in [0.2, 0.25) is 0 Å². The Morgan fingerprint density at radius 3 is 2.33 bits per heavy atom. The number of hydrogen-bond donors (Lipinski definition) is 0. The van der Waals surface area contributed by atoms with Gasteiger partial charge in [-0.2, -0.15) is 0 Å². The van der Waals surface area contributed by atoms with Gasteiger partial charge in [-0.3, -0.25) is 0 Å². The molecule has 1 fully saturated rings. The molecule has 0 amide bonds. The summed E-state index contributed by atoms with van der Waals surface area (Å²) in [5, 5.41) is 0. The minimum absolute atomic E-state index is 0.287. The third-order valence-corrected chi connectivity index (χ3v) is 8.69. The zero-order chi connectivity index (χ0) is 17.2. The summed E-state index contributed by atoms with van der Waals surface area (Å²) < 4.78 is 2.54. The van der Waals surface area contributed by atoms with Crippen LogP contribution >= 0.6 is 23.5 Å². The lowest BCUT2D eigenvalue weighted by molar-refractivity contribution is 0.584. The van der Waals surface area contributed by atoms with Crippen molar-refractivity contribution in [2.75, 3.05) is 11.5 Å². The molecule has 0 spiro atoms. The van der Waals surface area contributed by atoms with Crippen molar-refractivity contribution in [3.63, 3.8) is 0 Å². The van der Waals surface area contributed by atoms with Crippen molar-refractivity contribution in [2.45, 2.75) is 57.6 Å². The third-order valence-electron chi connectivity index (χ3n) is 5.28. The van der Waals surface area contributed by atoms with Crippen LogP contribution in [0.3, 0.4) is 0 Å². The molecule has 1 aromatic carbocycles. The molecule has 0 unspecified atom stereocenters. The number of aromatic nitrogens is 2. The molecule has 24 heavy (non-hydrogen) atoms. The van der Waals surface area contributed by atoms with Crippen LogP contribution in [-0.2, 0) is 13.0 Å². The molecule has 0 radical (unpaired) electrons. The fourth-order valence-corrected chi connectivity index (χ4v) is 6.89. The van der Waals surface area contributed by atoms with Crippen molar-refractivity contribution in [2.24, 2.45) is 0 Å². The summed E-state index contributed by atoms with van der Waals surface area (Å²) in [6.07, 6.45) is 9.70. The number of imidazole rings is 1. The van der Waals surface area contributed by atoms with Crippen LogP contribution in [0.25, 0.3) is 0 Å². The highest BCUT2D eigenvalue weighted by molar-refractivity contribution is 8.18. The Bertz CT molecular complexity index is 660. The van der Waals surface area contributed by atoms with Crippen LogP contribution in [0, 0.1) is 27.7 Å². The highest BCUT2D eigenvalue weighted by Gasteiger charge is 2.34. The number of nitrogens with zero attached hydrogens (tertiary/aromatic N) is 2. The number of thioether (sulfide) groups is 2. The van der Waals surface area contributed by atoms with Gasteiger partial charge < -0.3 is 4.57 Å². The first-order valence-corrected chi connectivity index (χ1v) is 10.8. The van der Waals surface area contributed by atoms with Gasteiger partial charge >= 0.3 is 0 Å². The van der Waals surface area contributed by atoms with Crippen molar-refractivity contribution in [3.8, 4) is 0 Å². The van der Waals surface area contributed by atoms with Crippen LogP contribution in [-0.4, -0.2) is 25.1 Å². The summed E-state index contributed by atoms with van der Waals surface area (Å²) >= 11 is 4.33. The molecule has 2 heterocycles. The van der Waals surface area contributed by atoms with E-state index in [4.69, 9.17) is 0 Å². The van der Waals surface area contributed by atoms with E-state index in [-0.39, 0.29) is 4.08 Å². The normalized spacial score (nSPS) is 17.2. The zero-order valence-electron chi connectivity index (χ0n) is 15.3. The Balaban J connectivity index is 1.82. The average molecular weight is 361 g/mol. The topological polar surface area (TPSA) is 17.8 Å². The standard InChI is InChI=1S/C20H28N2S2/c1-15-12-16(2)18(4)19(17(15)3)6-7-20(23-10-5-11-24-20)13-22-9-8-21-14-22/h8-9,12,14H,5-7,10-11,13H2,1-4H3. The highest BCUT2D eigenvalue weighted by Crippen LogP contribution is 2.47. The highest BCUT2D eigenvalue weighted by atomic mass is 32.2. The van der Waals surface area contributed by atoms with Crippen LogP contribution in [0.15, 0.2) is 24.8 Å². The van der Waals surface area contributed by atoms with Gasteiger partial charge in [0.25, 0.3) is 0 Å². The second-order valence-electron chi connectivity index (χ2n) is 6.94. The first-order chi connectivity index (χ1) is 11.5. The van der Waals surface area contributed by atoms with E-state index in [1.165, 1.54) is 53.0 Å². The number of aryl methyl sites for hydroxylation is 2. The van der Waals surface area contributed by atoms with Gasteiger partial charge in [0, 0.05) is 18.9 Å². The minimum Gasteiger partial charge on any atom is -0.335 e. The predicted octanol–water partition coefficient (Wildman–Crippen LogP) is 5.32. The van der Waals surface area contributed by atoms with E-state index in [1.807, 2.05) is 12.5 Å². The second kappa shape index (κ2) is 7.57. The van der Waals surface area contributed by atoms with E-state index in [1.54, 1.807) is 5.56 Å². The molecular weight excluding hydrogens is 332 g/mol. The summed E-state index contributed by atoms with van der Waals surface area (Å²) in [5.74, 6) is 2.57. The minimum atomic E-state index is 0.287. The molecule has 0 saturated carbocycles. The smallest absolute Gasteiger partial charge is 0.0946 e. The fraction of sp³-hybridized carbons (Fsp3) is 0.550. The van der Waals surface area contributed by atoms with Crippen LogP contribution in [0.4, 0.5) is 0 Å². The van der Waals surface area contributed by atoms with Crippen molar-refractivity contribution < 1.29 is 0 Å². The van der Waals surface area contributed by atoms with Gasteiger partial charge in [-0.1, -0.05) is 6.07 Å². The first-order valence-electron chi connectivity index (χ1n) is 8.81. The van der Waals surface area contributed by atoms with E-state index in [0.29, 0.717) is 0 Å². The molecule has 1 aliphatic rings. The maximum Gasteiger partial charge on any atom is 0.0946 e. The van der Waals surface area contributed by atoms with E-state index in [2.05, 4.69) is 73.0 Å². The van der Waals surface area contributed by atoms with Crippen molar-refractivity contribution in [1.82, 2.24) is 9.55 Å². The number of hydrogen-bond acceptors (Lipinski definition) is 3. The van der Waals surface area contributed by atoms with Crippen LogP contribution in [0.5, 0.6) is 0 Å². The molecule has 1 aliphatic heterocycles. The molecule has 130 valence electrons. The summed E-state index contributed by atoms with van der Waals surface area (Å²) in [5.41, 5.74) is 7.41. The summed E-state index contributed by atoms with van der Waals surface area (Å²) in [6.45, 7) is 10.1. The van der Waals surface area contributed by atoms with E-state index in [0.717, 1.165) is 6.54 Å². The molecule has 0 bridgehead atoms. The molecule has 1 saturated heterocycles. The van der Waals surface area contributed by atoms with E-state index < -0.39 is 0 Å². The lowest BCUT2D eigenvalue weighted by Gasteiger charge is -2.37. The Kier molecular flexibility index (Phi) is 5.66. The Morgan fingerprint density at radius 1 is 1.08 bits per heavy atom. The lowest BCUT2D eigenvalue weighted by Crippen LogP contribution is -2.31. The van der Waals surface area contributed by atoms with Gasteiger partial charge in [0.2, 0.25) is 0 Å². The summed E-state index contributed by atoms with van der Waals surface area (Å²) in [7, 11) is 0. The monoisotopic (exact) mass is 360 g/mol. The molecule has 3 rings (SSSR count). The van der Waals surface area contributed by atoms with Gasteiger partial charge in [-0.25, -0.2) is 4.98 Å². The van der Waals surface area contributed by atoms with Gasteiger partial charge in [-0.15, -0.1) is 23.5 Å². The van der Waals surface area contributed by atoms with Gasteiger partial charge in [0.1, 0.15) is 0 Å². The third kappa shape index (κ3) is 3.85. The maximum atomic E-state index is 4.23. The van der Waals surface area contributed by atoms with Crippen LogP contribution < -0.4 is 0 Å². The Labute approximate surface area is 154 Å². The quantitative estimate of drug-likeness (QED) is 0.719. The van der Waals surface area contributed by atoms with Crippen LogP contribution in [0.1, 0.15) is 40.7 Å². The molecular formula is C20H28N2S2. The number of benzene rings is 1. The fourth-order valence-electron chi connectivity index (χ4n) is 3.58. The second-order valence-corrected chi connectivity index (χ2v) is 10.2. The Morgan fingerprint density at radius 2 is 1.75 bits per heavy atom. The van der Waals surface area contributed by atoms with Gasteiger partial charge in [0.15, 0.2) is 0 Å². The molecule has 0 aliphatic carbocycles. The van der Waals surface area contributed by atoms with E-state index in [9.17, 15) is 0 Å². The molecule has 2 nitrogen and oxygen atoms in total. The van der Waals surface area contributed by atoms with E-state index >= 15 is 0 Å². The van der Waals surface area contributed by atoms with Crippen molar-refractivity contribution in [3.05, 3.63) is 52.6 Å². The first kappa shape index (κ1) is 17.9. The predicted molar refractivity (Wildman–Crippen MR) is 108 cm³/mol. The largest absolute Gasteiger partial charge is 0.335 e. The zero-order valence-corrected chi connectivity index (χ0v) is 16.9.